The van der Waals surface area contributed by atoms with Crippen molar-refractivity contribution in [3.05, 3.63) is 59.9 Å². The molecule has 0 atom stereocenters. The van der Waals surface area contributed by atoms with Crippen LogP contribution >= 0.6 is 11.3 Å². The fraction of sp³-hybridized carbons (Fsp3) is 0.300. The number of amides is 2. The van der Waals surface area contributed by atoms with Crippen LogP contribution in [0.15, 0.2) is 48.5 Å². The van der Waals surface area contributed by atoms with Crippen LogP contribution in [0.2, 0.25) is 0 Å². The van der Waals surface area contributed by atoms with Crippen LogP contribution in [0.4, 0.5) is 14.3 Å². The van der Waals surface area contributed by atoms with Crippen LogP contribution in [0, 0.1) is 5.82 Å². The SMILES string of the molecule is O=C(NCCc1ccccc1)N1CCN(c2nc3ccc(F)cc3s2)CC1. The van der Waals surface area contributed by atoms with Gasteiger partial charge in [0.05, 0.1) is 10.2 Å². The third-order valence-corrected chi connectivity index (χ3v) is 5.79. The molecule has 27 heavy (non-hydrogen) atoms. The molecule has 0 saturated carbocycles. The summed E-state index contributed by atoms with van der Waals surface area (Å²) in [7, 11) is 0. The van der Waals surface area contributed by atoms with Gasteiger partial charge in [-0.05, 0) is 30.2 Å². The summed E-state index contributed by atoms with van der Waals surface area (Å²) in [5, 5.41) is 3.89. The van der Waals surface area contributed by atoms with Crippen molar-refractivity contribution in [2.24, 2.45) is 0 Å². The summed E-state index contributed by atoms with van der Waals surface area (Å²) in [6.45, 7) is 3.40. The van der Waals surface area contributed by atoms with Crippen molar-refractivity contribution in [3.63, 3.8) is 0 Å². The lowest BCUT2D eigenvalue weighted by atomic mass is 10.1. The molecule has 0 unspecified atom stereocenters. The highest BCUT2D eigenvalue weighted by molar-refractivity contribution is 7.22. The molecule has 1 saturated heterocycles. The second kappa shape index (κ2) is 7.92. The highest BCUT2D eigenvalue weighted by Crippen LogP contribution is 2.29. The Balaban J connectivity index is 1.28. The summed E-state index contributed by atoms with van der Waals surface area (Å²) < 4.78 is 14.2. The first kappa shape index (κ1) is 17.7. The number of anilines is 1. The minimum absolute atomic E-state index is 0.0167. The van der Waals surface area contributed by atoms with Crippen molar-refractivity contribution in [2.75, 3.05) is 37.6 Å². The summed E-state index contributed by atoms with van der Waals surface area (Å²) in [5.74, 6) is -0.241. The standard InChI is InChI=1S/C20H21FN4OS/c21-16-6-7-17-18(14-16)27-20(23-17)25-12-10-24(11-13-25)19(26)22-9-8-15-4-2-1-3-5-15/h1-7,14H,8-13H2,(H,22,26). The predicted octanol–water partition coefficient (Wildman–Crippen LogP) is 3.51. The van der Waals surface area contributed by atoms with Gasteiger partial charge in [0.2, 0.25) is 0 Å². The van der Waals surface area contributed by atoms with Gasteiger partial charge in [-0.3, -0.25) is 0 Å². The van der Waals surface area contributed by atoms with Gasteiger partial charge in [-0.15, -0.1) is 0 Å². The van der Waals surface area contributed by atoms with Crippen LogP contribution in [0.3, 0.4) is 0 Å². The normalized spacial score (nSPS) is 14.6. The number of hydrogen-bond acceptors (Lipinski definition) is 4. The summed E-state index contributed by atoms with van der Waals surface area (Å²) >= 11 is 1.49. The van der Waals surface area contributed by atoms with Crippen LogP contribution in [0.5, 0.6) is 0 Å². The van der Waals surface area contributed by atoms with E-state index in [4.69, 9.17) is 0 Å². The zero-order chi connectivity index (χ0) is 18.6. The van der Waals surface area contributed by atoms with Crippen LogP contribution in [0.1, 0.15) is 5.56 Å². The molecule has 5 nitrogen and oxygen atoms in total. The first-order valence-electron chi connectivity index (χ1n) is 9.07. The number of hydrogen-bond donors (Lipinski definition) is 1. The number of nitrogens with zero attached hydrogens (tertiary/aromatic N) is 3. The van der Waals surface area contributed by atoms with E-state index < -0.39 is 0 Å². The van der Waals surface area contributed by atoms with E-state index in [-0.39, 0.29) is 11.8 Å². The number of benzene rings is 2. The fourth-order valence-corrected chi connectivity index (χ4v) is 4.23. The van der Waals surface area contributed by atoms with Gasteiger partial charge in [-0.1, -0.05) is 41.7 Å². The lowest BCUT2D eigenvalue weighted by Crippen LogP contribution is -2.52. The van der Waals surface area contributed by atoms with Gasteiger partial charge in [-0.2, -0.15) is 0 Å². The van der Waals surface area contributed by atoms with Gasteiger partial charge in [0.25, 0.3) is 0 Å². The maximum absolute atomic E-state index is 13.4. The van der Waals surface area contributed by atoms with Gasteiger partial charge in [-0.25, -0.2) is 14.2 Å². The molecule has 1 aliphatic rings. The molecule has 7 heteroatoms. The van der Waals surface area contributed by atoms with Crippen LogP contribution in [0.25, 0.3) is 10.2 Å². The average Bonchev–Trinajstić information content (AvgIpc) is 3.12. The third kappa shape index (κ3) is 4.19. The molecular weight excluding hydrogens is 363 g/mol. The lowest BCUT2D eigenvalue weighted by molar-refractivity contribution is 0.194. The van der Waals surface area contributed by atoms with Gasteiger partial charge < -0.3 is 15.1 Å². The fourth-order valence-electron chi connectivity index (χ4n) is 3.19. The Kier molecular flexibility index (Phi) is 5.20. The largest absolute Gasteiger partial charge is 0.345 e. The van der Waals surface area contributed by atoms with E-state index in [9.17, 15) is 9.18 Å². The highest BCUT2D eigenvalue weighted by Gasteiger charge is 2.23. The molecule has 2 aromatic carbocycles. The molecule has 0 spiro atoms. The van der Waals surface area contributed by atoms with E-state index in [0.717, 1.165) is 34.9 Å². The second-order valence-corrected chi connectivity index (χ2v) is 7.56. The highest BCUT2D eigenvalue weighted by atomic mass is 32.1. The van der Waals surface area contributed by atoms with Crippen molar-refractivity contribution < 1.29 is 9.18 Å². The van der Waals surface area contributed by atoms with Gasteiger partial charge in [0, 0.05) is 32.7 Å². The van der Waals surface area contributed by atoms with E-state index in [1.165, 1.54) is 29.0 Å². The first-order chi connectivity index (χ1) is 13.2. The van der Waals surface area contributed by atoms with Crippen LogP contribution in [-0.4, -0.2) is 48.6 Å². The number of thiazole rings is 1. The number of piperazine rings is 1. The van der Waals surface area contributed by atoms with Crippen molar-refractivity contribution >= 4 is 32.7 Å². The van der Waals surface area contributed by atoms with Crippen LogP contribution in [-0.2, 0) is 6.42 Å². The predicted molar refractivity (Wildman–Crippen MR) is 107 cm³/mol. The molecular formula is C20H21FN4OS. The Morgan fingerprint density at radius 2 is 1.89 bits per heavy atom. The number of fused-ring (bicyclic) bond motifs is 1. The Morgan fingerprint density at radius 3 is 2.67 bits per heavy atom. The number of aromatic nitrogens is 1. The Bertz CT molecular complexity index is 922. The van der Waals surface area contributed by atoms with Crippen molar-refractivity contribution in [3.8, 4) is 0 Å². The first-order valence-corrected chi connectivity index (χ1v) is 9.88. The van der Waals surface area contributed by atoms with E-state index in [2.05, 4.69) is 27.3 Å². The van der Waals surface area contributed by atoms with Crippen molar-refractivity contribution in [1.29, 1.82) is 0 Å². The minimum Gasteiger partial charge on any atom is -0.345 e. The molecule has 2 amide bonds. The monoisotopic (exact) mass is 384 g/mol. The molecule has 1 aromatic heterocycles. The maximum Gasteiger partial charge on any atom is 0.317 e. The quantitative estimate of drug-likeness (QED) is 0.749. The molecule has 1 fully saturated rings. The number of nitrogens with one attached hydrogen (secondary N) is 1. The molecule has 1 aliphatic heterocycles. The van der Waals surface area contributed by atoms with E-state index in [1.54, 1.807) is 6.07 Å². The van der Waals surface area contributed by atoms with Crippen molar-refractivity contribution in [2.45, 2.75) is 6.42 Å². The molecule has 1 N–H and O–H groups in total. The number of carbonyl (C=O) groups is 1. The molecule has 0 aliphatic carbocycles. The topological polar surface area (TPSA) is 48.5 Å². The number of rotatable bonds is 4. The molecule has 2 heterocycles. The maximum atomic E-state index is 13.4. The van der Waals surface area contributed by atoms with Gasteiger partial charge >= 0.3 is 6.03 Å². The molecule has 3 aromatic rings. The number of urea groups is 1. The van der Waals surface area contributed by atoms with E-state index in [0.29, 0.717) is 19.6 Å². The lowest BCUT2D eigenvalue weighted by Gasteiger charge is -2.34. The van der Waals surface area contributed by atoms with Gasteiger partial charge in [0.1, 0.15) is 5.82 Å². The third-order valence-electron chi connectivity index (χ3n) is 4.71. The summed E-state index contributed by atoms with van der Waals surface area (Å²) in [6.07, 6.45) is 0.828. The molecule has 140 valence electrons. The molecule has 4 rings (SSSR count). The summed E-state index contributed by atoms with van der Waals surface area (Å²) in [5.41, 5.74) is 2.03. The van der Waals surface area contributed by atoms with Gasteiger partial charge in [0.15, 0.2) is 5.13 Å². The molecule has 0 bridgehead atoms. The van der Waals surface area contributed by atoms with Crippen LogP contribution < -0.4 is 10.2 Å². The second-order valence-electron chi connectivity index (χ2n) is 6.55. The summed E-state index contributed by atoms with van der Waals surface area (Å²) in [4.78, 5) is 20.9. The Labute approximate surface area is 161 Å². The zero-order valence-electron chi connectivity index (χ0n) is 14.9. The Hall–Kier alpha value is -2.67. The Morgan fingerprint density at radius 1 is 1.11 bits per heavy atom. The van der Waals surface area contributed by atoms with E-state index in [1.807, 2.05) is 23.1 Å². The number of carbonyl (C=O) groups excluding carboxylic acids is 1. The minimum atomic E-state index is -0.241. The van der Waals surface area contributed by atoms with Crippen molar-refractivity contribution in [1.82, 2.24) is 15.2 Å². The molecule has 0 radical (unpaired) electrons. The average molecular weight is 384 g/mol. The number of halogens is 1. The van der Waals surface area contributed by atoms with E-state index >= 15 is 0 Å². The summed E-state index contributed by atoms with van der Waals surface area (Å²) in [6, 6.07) is 14.8. The smallest absolute Gasteiger partial charge is 0.317 e. The zero-order valence-corrected chi connectivity index (χ0v) is 15.7.